The zero-order valence-electron chi connectivity index (χ0n) is 34.9. The second-order valence-corrected chi connectivity index (χ2v) is 15.4. The SMILES string of the molecule is CC.O=C1CCC(Nc2ccc(C3CCNCC3)c(F)c2)C(=O)N1.O=CNC1CCCCC1.O=c1ccccn1-c1cccc(-c2nc(NC3CCCCC3)ncc2F)c1. The summed E-state index contributed by atoms with van der Waals surface area (Å²) in [4.78, 5) is 53.4. The number of imide groups is 1. The molecule has 4 fully saturated rings. The van der Waals surface area contributed by atoms with Crippen LogP contribution in [0.15, 0.2) is 77.9 Å². The molecule has 2 saturated heterocycles. The van der Waals surface area contributed by atoms with Crippen molar-refractivity contribution in [2.24, 2.45) is 0 Å². The van der Waals surface area contributed by atoms with Crippen molar-refractivity contribution < 1.29 is 23.2 Å². The fraction of sp³-hybridized carbons (Fsp3) is 0.478. The first-order valence-electron chi connectivity index (χ1n) is 21.6. The highest BCUT2D eigenvalue weighted by atomic mass is 19.1. The summed E-state index contributed by atoms with van der Waals surface area (Å²) in [7, 11) is 0. The number of hydrogen-bond donors (Lipinski definition) is 5. The van der Waals surface area contributed by atoms with Gasteiger partial charge in [-0.15, -0.1) is 0 Å². The van der Waals surface area contributed by atoms with E-state index in [9.17, 15) is 28.0 Å². The fourth-order valence-electron chi connectivity index (χ4n) is 7.99. The number of benzene rings is 2. The number of amides is 3. The second-order valence-electron chi connectivity index (χ2n) is 15.4. The molecule has 60 heavy (non-hydrogen) atoms. The summed E-state index contributed by atoms with van der Waals surface area (Å²) in [5.41, 5.74) is 2.68. The van der Waals surface area contributed by atoms with E-state index >= 15 is 0 Å². The molecule has 2 aliphatic heterocycles. The summed E-state index contributed by atoms with van der Waals surface area (Å²) < 4.78 is 30.3. The van der Waals surface area contributed by atoms with Crippen LogP contribution in [0.3, 0.4) is 0 Å². The lowest BCUT2D eigenvalue weighted by molar-refractivity contribution is -0.133. The van der Waals surface area contributed by atoms with Crippen molar-refractivity contribution in [1.29, 1.82) is 0 Å². The first-order chi connectivity index (χ1) is 29.3. The molecule has 4 aliphatic rings. The van der Waals surface area contributed by atoms with Crippen LogP contribution in [-0.4, -0.2) is 64.0 Å². The van der Waals surface area contributed by atoms with Crippen LogP contribution in [0.25, 0.3) is 16.9 Å². The number of piperidine rings is 2. The number of nitrogens with zero attached hydrogens (tertiary/aromatic N) is 3. The van der Waals surface area contributed by atoms with E-state index in [2.05, 4.69) is 36.6 Å². The van der Waals surface area contributed by atoms with Gasteiger partial charge in [0.05, 0.1) is 6.20 Å². The van der Waals surface area contributed by atoms with Crippen LogP contribution in [0, 0.1) is 11.6 Å². The lowest BCUT2D eigenvalue weighted by Gasteiger charge is -2.25. The Morgan fingerprint density at radius 3 is 2.15 bits per heavy atom. The van der Waals surface area contributed by atoms with Crippen molar-refractivity contribution in [2.45, 2.75) is 128 Å². The largest absolute Gasteiger partial charge is 0.374 e. The van der Waals surface area contributed by atoms with Gasteiger partial charge in [-0.05, 0) is 99.8 Å². The topological polar surface area (TPSA) is 159 Å². The average Bonchev–Trinajstić information content (AvgIpc) is 3.28. The van der Waals surface area contributed by atoms with E-state index in [1.807, 2.05) is 26.0 Å². The minimum Gasteiger partial charge on any atom is -0.374 e. The van der Waals surface area contributed by atoms with Gasteiger partial charge in [0.1, 0.15) is 17.6 Å². The Hall–Kier alpha value is -5.50. The summed E-state index contributed by atoms with van der Waals surface area (Å²) in [6, 6.07) is 17.5. The highest BCUT2D eigenvalue weighted by Crippen LogP contribution is 2.30. The maximum absolute atomic E-state index is 14.4. The summed E-state index contributed by atoms with van der Waals surface area (Å²) in [5, 5.41) is 14.7. The maximum Gasteiger partial charge on any atom is 0.255 e. The Morgan fingerprint density at radius 1 is 0.767 bits per heavy atom. The van der Waals surface area contributed by atoms with Gasteiger partial charge in [0, 0.05) is 47.7 Å². The molecule has 5 N–H and O–H groups in total. The highest BCUT2D eigenvalue weighted by molar-refractivity contribution is 6.01. The first-order valence-corrected chi connectivity index (χ1v) is 21.6. The number of rotatable bonds is 9. The summed E-state index contributed by atoms with van der Waals surface area (Å²) in [6.45, 7) is 5.83. The molecular formula is C46H60F2N8O4. The molecule has 322 valence electrons. The zero-order chi connectivity index (χ0) is 42.7. The zero-order valence-corrected chi connectivity index (χ0v) is 34.9. The van der Waals surface area contributed by atoms with Crippen LogP contribution in [0.1, 0.15) is 115 Å². The highest BCUT2D eigenvalue weighted by Gasteiger charge is 2.27. The molecule has 0 radical (unpaired) electrons. The number of pyridine rings is 1. The quantitative estimate of drug-likeness (QED) is 0.0840. The third-order valence-corrected chi connectivity index (χ3v) is 11.2. The molecular weight excluding hydrogens is 767 g/mol. The summed E-state index contributed by atoms with van der Waals surface area (Å²) in [6.07, 6.45) is 18.4. The van der Waals surface area contributed by atoms with Crippen molar-refractivity contribution in [3.8, 4) is 16.9 Å². The van der Waals surface area contributed by atoms with Gasteiger partial charge >= 0.3 is 0 Å². The smallest absolute Gasteiger partial charge is 0.255 e. The van der Waals surface area contributed by atoms with Crippen molar-refractivity contribution in [1.82, 2.24) is 30.5 Å². The normalized spacial score (nSPS) is 18.5. The van der Waals surface area contributed by atoms with Crippen LogP contribution in [0.5, 0.6) is 0 Å². The molecule has 2 aromatic carbocycles. The number of hydrogen-bond acceptors (Lipinski definition) is 9. The number of anilines is 2. The van der Waals surface area contributed by atoms with Gasteiger partial charge in [0.2, 0.25) is 24.2 Å². The van der Waals surface area contributed by atoms with E-state index in [1.165, 1.54) is 74.3 Å². The van der Waals surface area contributed by atoms with Crippen molar-refractivity contribution in [3.63, 3.8) is 0 Å². The Balaban J connectivity index is 0.000000185. The number of aromatic nitrogens is 3. The lowest BCUT2D eigenvalue weighted by atomic mass is 9.89. The first kappa shape index (κ1) is 45.6. The Bertz CT molecular complexity index is 2040. The predicted octanol–water partition coefficient (Wildman–Crippen LogP) is 7.78. The number of halogens is 2. The van der Waals surface area contributed by atoms with Gasteiger partial charge in [-0.3, -0.25) is 29.1 Å². The van der Waals surface area contributed by atoms with Gasteiger partial charge in [-0.2, -0.15) is 0 Å². The monoisotopic (exact) mass is 826 g/mol. The van der Waals surface area contributed by atoms with Crippen molar-refractivity contribution in [3.05, 3.63) is 101 Å². The number of nitrogens with one attached hydrogen (secondary N) is 5. The van der Waals surface area contributed by atoms with Crippen LogP contribution in [0.4, 0.5) is 20.4 Å². The van der Waals surface area contributed by atoms with Crippen LogP contribution in [-0.2, 0) is 14.4 Å². The summed E-state index contributed by atoms with van der Waals surface area (Å²) >= 11 is 0. The number of carbonyl (C=O) groups is 3. The fourth-order valence-corrected chi connectivity index (χ4v) is 7.99. The molecule has 4 heterocycles. The molecule has 0 bridgehead atoms. The minimum atomic E-state index is -0.484. The van der Waals surface area contributed by atoms with Gasteiger partial charge in [-0.1, -0.05) is 76.6 Å². The van der Waals surface area contributed by atoms with Gasteiger partial charge < -0.3 is 21.3 Å². The Labute approximate surface area is 351 Å². The molecule has 12 nitrogen and oxygen atoms in total. The van der Waals surface area contributed by atoms with E-state index in [4.69, 9.17) is 0 Å². The van der Waals surface area contributed by atoms with E-state index in [0.29, 0.717) is 47.8 Å². The Morgan fingerprint density at radius 2 is 1.48 bits per heavy atom. The number of carbonyl (C=O) groups excluding carboxylic acids is 3. The van der Waals surface area contributed by atoms with E-state index in [1.54, 1.807) is 42.6 Å². The second kappa shape index (κ2) is 23.9. The van der Waals surface area contributed by atoms with Crippen LogP contribution < -0.4 is 32.1 Å². The van der Waals surface area contributed by atoms with E-state index in [-0.39, 0.29) is 34.8 Å². The van der Waals surface area contributed by atoms with Crippen molar-refractivity contribution >= 4 is 29.9 Å². The van der Waals surface area contributed by atoms with Gasteiger partial charge in [0.15, 0.2) is 5.82 Å². The Kier molecular flexibility index (Phi) is 18.2. The summed E-state index contributed by atoms with van der Waals surface area (Å²) in [5.74, 6) is -0.619. The van der Waals surface area contributed by atoms with Crippen molar-refractivity contribution in [2.75, 3.05) is 23.7 Å². The van der Waals surface area contributed by atoms with Gasteiger partial charge in [0.25, 0.3) is 5.56 Å². The third kappa shape index (κ3) is 13.5. The van der Waals surface area contributed by atoms with Crippen LogP contribution >= 0.6 is 0 Å². The lowest BCUT2D eigenvalue weighted by Crippen LogP contribution is -2.47. The molecule has 2 saturated carbocycles. The standard InChI is InChI=1S/C21H21FN4O.C16H20FN3O2.C7H13NO.C2H6/c22-18-14-23-21(24-16-8-2-1-3-9-16)25-20(18)15-7-6-10-17(13-15)26-12-5-4-11-19(26)27;17-13-9-11(19-14-3-4-15(21)20-16(14)22)1-2-12(13)10-5-7-18-8-6-10;9-6-8-7-4-2-1-3-5-7;1-2/h4-7,10-14,16H,1-3,8-9H2,(H,23,24,25);1-2,9-10,14,18-19H,3-8H2,(H,20,21,22);6-7H,1-5H2,(H,8,9);1-2H3. The molecule has 0 spiro atoms. The molecule has 3 amide bonds. The molecule has 8 rings (SSSR count). The predicted molar refractivity (Wildman–Crippen MR) is 232 cm³/mol. The molecule has 4 aromatic rings. The van der Waals surface area contributed by atoms with Gasteiger partial charge in [-0.25, -0.2) is 18.7 Å². The molecule has 1 atom stereocenters. The van der Waals surface area contributed by atoms with Crippen LogP contribution in [0.2, 0.25) is 0 Å². The minimum absolute atomic E-state index is 0.141. The third-order valence-electron chi connectivity index (χ3n) is 11.2. The molecule has 2 aromatic heterocycles. The molecule has 2 aliphatic carbocycles. The maximum atomic E-state index is 14.4. The average molecular weight is 827 g/mol. The van der Waals surface area contributed by atoms with E-state index < -0.39 is 11.9 Å². The van der Waals surface area contributed by atoms with E-state index in [0.717, 1.165) is 50.7 Å². The molecule has 1 unspecified atom stereocenters. The molecule has 14 heteroatoms.